The smallest absolute Gasteiger partial charge is 0.224 e. The molecule has 14 nitrogen and oxygen atoms in total. The second-order valence-corrected chi connectivity index (χ2v) is 19.6. The summed E-state index contributed by atoms with van der Waals surface area (Å²) in [5.41, 5.74) is 14.1. The van der Waals surface area contributed by atoms with E-state index in [9.17, 15) is 0 Å². The molecule has 4 heterocycles. The molecular weight excluding hydrogens is 873 g/mol. The van der Waals surface area contributed by atoms with Gasteiger partial charge in [-0.1, -0.05) is 12.1 Å². The van der Waals surface area contributed by atoms with Gasteiger partial charge in [-0.3, -0.25) is 19.6 Å². The number of aromatic amines is 3. The lowest BCUT2D eigenvalue weighted by atomic mass is 9.99. The van der Waals surface area contributed by atoms with Gasteiger partial charge < -0.3 is 20.1 Å². The van der Waals surface area contributed by atoms with Crippen LogP contribution in [0.15, 0.2) is 51.4 Å². The van der Waals surface area contributed by atoms with Gasteiger partial charge in [-0.25, -0.2) is 5.10 Å². The van der Waals surface area contributed by atoms with Crippen molar-refractivity contribution in [3.8, 4) is 0 Å². The summed E-state index contributed by atoms with van der Waals surface area (Å²) < 4.78 is 15.9. The summed E-state index contributed by atoms with van der Waals surface area (Å²) in [5, 5.41) is 30.6. The number of aromatic nitrogens is 10. The first-order chi connectivity index (χ1) is 29.3. The molecular formula is C44H57BrN12O2S2. The van der Waals surface area contributed by atoms with Crippen molar-refractivity contribution in [2.45, 2.75) is 139 Å². The van der Waals surface area contributed by atoms with E-state index in [1.165, 1.54) is 132 Å². The van der Waals surface area contributed by atoms with Crippen molar-refractivity contribution >= 4 is 63.2 Å². The molecule has 6 aromatic rings. The Labute approximate surface area is 375 Å². The van der Waals surface area contributed by atoms with Crippen molar-refractivity contribution < 1.29 is 9.47 Å². The molecule has 0 saturated heterocycles. The molecule has 4 aromatic heterocycles. The molecule has 0 fully saturated rings. The van der Waals surface area contributed by atoms with Crippen LogP contribution in [0.4, 0.5) is 23.3 Å². The van der Waals surface area contributed by atoms with Crippen LogP contribution < -0.4 is 10.6 Å². The molecule has 0 saturated carbocycles. The zero-order chi connectivity index (χ0) is 42.7. The minimum Gasteiger partial charge on any atom is -0.377 e. The Morgan fingerprint density at radius 1 is 0.689 bits per heavy atom. The summed E-state index contributed by atoms with van der Waals surface area (Å²) in [6, 6.07) is 8.77. The van der Waals surface area contributed by atoms with Crippen LogP contribution in [0.3, 0.4) is 0 Å². The summed E-state index contributed by atoms with van der Waals surface area (Å²) in [7, 11) is 3.43. The molecule has 2 aromatic carbocycles. The largest absolute Gasteiger partial charge is 0.377 e. The maximum absolute atomic E-state index is 5.49. The molecule has 61 heavy (non-hydrogen) atoms. The van der Waals surface area contributed by atoms with Crippen molar-refractivity contribution in [3.05, 3.63) is 90.5 Å². The SMILES string of the molecule is COC(C)(C)Cn1ccc(Br)n1.COC(C)(C)Cn1ccc(Sc2n[nH]c(Nc3c4c(cc5c3CCC5)CCC4)n2)n1.S=c1nc(Nc2c3c(cc4c2CCC4)CCC3)[nH][nH]1. The molecule has 4 aliphatic rings. The molecule has 0 unspecified atom stereocenters. The summed E-state index contributed by atoms with van der Waals surface area (Å²) in [6.07, 6.45) is 18.4. The Balaban J connectivity index is 0.000000141. The molecule has 324 valence electrons. The number of rotatable bonds is 12. The Hall–Kier alpha value is -4.29. The molecule has 0 bridgehead atoms. The first-order valence-electron chi connectivity index (χ1n) is 21.3. The van der Waals surface area contributed by atoms with E-state index in [2.05, 4.69) is 79.3 Å². The van der Waals surface area contributed by atoms with E-state index in [4.69, 9.17) is 21.7 Å². The van der Waals surface area contributed by atoms with Gasteiger partial charge in [-0.2, -0.15) is 20.2 Å². The van der Waals surface area contributed by atoms with Crippen LogP contribution >= 0.6 is 39.9 Å². The Bertz CT molecular complexity index is 2470. The number of nitrogens with zero attached hydrogens (tertiary/aromatic N) is 7. The van der Waals surface area contributed by atoms with Crippen LogP contribution in [-0.4, -0.2) is 75.3 Å². The van der Waals surface area contributed by atoms with Crippen LogP contribution in [0.5, 0.6) is 0 Å². The third-order valence-electron chi connectivity index (χ3n) is 12.0. The zero-order valence-electron chi connectivity index (χ0n) is 36.0. The molecule has 4 aliphatic carbocycles. The van der Waals surface area contributed by atoms with Gasteiger partial charge in [0, 0.05) is 38.0 Å². The predicted molar refractivity (Wildman–Crippen MR) is 246 cm³/mol. The highest BCUT2D eigenvalue weighted by Crippen LogP contribution is 2.41. The van der Waals surface area contributed by atoms with Crippen LogP contribution in [0.1, 0.15) is 97.9 Å². The second-order valence-electron chi connectivity index (χ2n) is 17.4. The van der Waals surface area contributed by atoms with E-state index in [1.54, 1.807) is 14.2 Å². The number of hydrogen-bond donors (Lipinski definition) is 5. The van der Waals surface area contributed by atoms with E-state index in [0.29, 0.717) is 22.4 Å². The van der Waals surface area contributed by atoms with E-state index in [1.807, 2.05) is 61.6 Å². The van der Waals surface area contributed by atoms with Crippen LogP contribution in [0.25, 0.3) is 0 Å². The molecule has 17 heteroatoms. The summed E-state index contributed by atoms with van der Waals surface area (Å²) in [6.45, 7) is 9.60. The maximum Gasteiger partial charge on any atom is 0.224 e. The standard InChI is InChI=1S/C22H28N6OS.C14H16N4S.C8H13BrN2O/c1-22(2,29-3)13-28-11-10-18(27-28)30-21-24-20(25-26-21)23-19-16-8-4-6-14(16)12-15-7-5-9-17(15)19;19-14-16-13(17-18-14)15-12-10-5-1-3-8(10)7-9-4-2-6-11(9)12;1-8(2,12-3)6-11-5-4-7(9)10-11/h10-12H,4-9,13H2,1-3H3,(H2,23,24,25,26);7H,1-6H2,(H3,15,16,17,18,19);4-5H,6H2,1-3H3. The molecule has 0 radical (unpaired) electrons. The summed E-state index contributed by atoms with van der Waals surface area (Å²) in [4.78, 5) is 8.91. The monoisotopic (exact) mass is 928 g/mol. The van der Waals surface area contributed by atoms with Crippen LogP contribution in [0, 0.1) is 4.77 Å². The Morgan fingerprint density at radius 2 is 1.18 bits per heavy atom. The van der Waals surface area contributed by atoms with Crippen molar-refractivity contribution in [3.63, 3.8) is 0 Å². The van der Waals surface area contributed by atoms with Crippen molar-refractivity contribution in [2.75, 3.05) is 24.9 Å². The molecule has 0 aliphatic heterocycles. The van der Waals surface area contributed by atoms with E-state index < -0.39 is 0 Å². The van der Waals surface area contributed by atoms with Gasteiger partial charge in [0.25, 0.3) is 0 Å². The number of methoxy groups -OCH3 is 2. The van der Waals surface area contributed by atoms with Gasteiger partial charge in [0.15, 0.2) is 0 Å². The molecule has 10 rings (SSSR count). The Kier molecular flexibility index (Phi) is 13.2. The third kappa shape index (κ3) is 10.5. The highest BCUT2D eigenvalue weighted by atomic mass is 79.9. The quantitative estimate of drug-likeness (QED) is 0.0743. The van der Waals surface area contributed by atoms with Gasteiger partial charge in [0.1, 0.15) is 9.63 Å². The number of aryl methyl sites for hydroxylation is 4. The number of anilines is 4. The maximum atomic E-state index is 5.49. The molecule has 0 amide bonds. The fourth-order valence-corrected chi connectivity index (χ4v) is 9.92. The summed E-state index contributed by atoms with van der Waals surface area (Å²) >= 11 is 9.76. The normalized spacial score (nSPS) is 15.1. The fourth-order valence-electron chi connectivity index (χ4n) is 8.76. The molecule has 0 atom stereocenters. The number of nitrogens with one attached hydrogen (secondary N) is 5. The van der Waals surface area contributed by atoms with Crippen molar-refractivity contribution in [2.24, 2.45) is 0 Å². The highest BCUT2D eigenvalue weighted by Gasteiger charge is 2.26. The van der Waals surface area contributed by atoms with E-state index >= 15 is 0 Å². The predicted octanol–water partition coefficient (Wildman–Crippen LogP) is 9.56. The van der Waals surface area contributed by atoms with E-state index in [-0.39, 0.29) is 11.2 Å². The number of ether oxygens (including phenoxy) is 2. The topological polar surface area (TPSA) is 164 Å². The lowest BCUT2D eigenvalue weighted by Crippen LogP contribution is -2.29. The lowest BCUT2D eigenvalue weighted by molar-refractivity contribution is 0.00496. The van der Waals surface area contributed by atoms with Crippen LogP contribution in [0.2, 0.25) is 0 Å². The van der Waals surface area contributed by atoms with Crippen LogP contribution in [-0.2, 0) is 73.9 Å². The number of halogens is 1. The van der Waals surface area contributed by atoms with Crippen molar-refractivity contribution in [1.29, 1.82) is 0 Å². The van der Waals surface area contributed by atoms with Gasteiger partial charge in [-0.15, -0.1) is 5.10 Å². The van der Waals surface area contributed by atoms with E-state index in [0.717, 1.165) is 35.0 Å². The fraction of sp³-hybridized carbons (Fsp3) is 0.500. The first kappa shape index (κ1) is 43.4. The van der Waals surface area contributed by atoms with Gasteiger partial charge in [0.05, 0.1) is 24.3 Å². The minimum atomic E-state index is -0.258. The second kappa shape index (κ2) is 18.6. The number of hydrogen-bond acceptors (Lipinski definition) is 11. The Morgan fingerprint density at radius 3 is 1.64 bits per heavy atom. The average Bonchev–Trinajstić information content (AvgIpc) is 4.06. The average molecular weight is 930 g/mol. The van der Waals surface area contributed by atoms with Gasteiger partial charge in [0.2, 0.25) is 21.8 Å². The first-order valence-corrected chi connectivity index (χ1v) is 23.3. The number of fused-ring (bicyclic) bond motifs is 4. The highest BCUT2D eigenvalue weighted by molar-refractivity contribution is 9.10. The van der Waals surface area contributed by atoms with Gasteiger partial charge >= 0.3 is 0 Å². The van der Waals surface area contributed by atoms with Gasteiger partial charge in [-0.05, 0) is 201 Å². The number of H-pyrrole nitrogens is 3. The van der Waals surface area contributed by atoms with Crippen molar-refractivity contribution in [1.82, 2.24) is 49.9 Å². The zero-order valence-corrected chi connectivity index (χ0v) is 39.2. The number of benzene rings is 2. The lowest BCUT2D eigenvalue weighted by Gasteiger charge is -2.22. The minimum absolute atomic E-state index is 0.161. The molecule has 5 N–H and O–H groups in total. The molecule has 0 spiro atoms. The summed E-state index contributed by atoms with van der Waals surface area (Å²) in [5.74, 6) is 1.42. The third-order valence-corrected chi connectivity index (χ3v) is 13.4.